The van der Waals surface area contributed by atoms with Gasteiger partial charge in [0.15, 0.2) is 0 Å². The van der Waals surface area contributed by atoms with E-state index < -0.39 is 8.07 Å². The van der Waals surface area contributed by atoms with E-state index in [4.69, 9.17) is 9.40 Å². The number of furan rings is 1. The van der Waals surface area contributed by atoms with Gasteiger partial charge in [0.2, 0.25) is 0 Å². The number of benzene rings is 4. The normalized spacial score (nSPS) is 11.4. The van der Waals surface area contributed by atoms with Crippen molar-refractivity contribution in [1.29, 1.82) is 0 Å². The summed E-state index contributed by atoms with van der Waals surface area (Å²) in [7, 11) is -1.27. The number of rotatable bonds is 4. The van der Waals surface area contributed by atoms with E-state index in [1.807, 2.05) is 60.7 Å². The fourth-order valence-corrected chi connectivity index (χ4v) is 7.19. The maximum Gasteiger partial charge on any atom is 0.120 e. The zero-order valence-electron chi connectivity index (χ0n) is 24.5. The summed E-state index contributed by atoms with van der Waals surface area (Å²) in [4.78, 5) is 9.43. The van der Waals surface area contributed by atoms with Crippen LogP contribution in [0.15, 0.2) is 102 Å². The Labute approximate surface area is 261 Å². The van der Waals surface area contributed by atoms with E-state index >= 15 is 0 Å². The summed E-state index contributed by atoms with van der Waals surface area (Å²) in [6, 6.07) is 37.1. The summed E-state index contributed by atoms with van der Waals surface area (Å²) in [6.07, 6.45) is 2.05. The molecular weight excluding hydrogens is 711 g/mol. The minimum Gasteiger partial charge on any atom is -0.501 e. The number of fused-ring (bicyclic) bond motifs is 4. The van der Waals surface area contributed by atoms with Crippen molar-refractivity contribution in [2.45, 2.75) is 40.0 Å². The second-order valence-electron chi connectivity index (χ2n) is 11.3. The third-order valence-corrected chi connectivity index (χ3v) is 9.58. The number of hydrogen-bond acceptors (Lipinski definition) is 3. The van der Waals surface area contributed by atoms with Crippen LogP contribution in [0.2, 0.25) is 19.6 Å². The first-order valence-electron chi connectivity index (χ1n) is 14.1. The summed E-state index contributed by atoms with van der Waals surface area (Å²) in [6.45, 7) is 12.2. The van der Waals surface area contributed by atoms with Gasteiger partial charge in [-0.15, -0.1) is 54.1 Å². The Hall–Kier alpha value is -3.83. The first kappa shape index (κ1) is 29.7. The Balaban J connectivity index is 0.000000174. The summed E-state index contributed by atoms with van der Waals surface area (Å²) in [5, 5.41) is 3.67. The molecule has 0 spiro atoms. The van der Waals surface area contributed by atoms with E-state index in [0.717, 1.165) is 62.2 Å². The van der Waals surface area contributed by atoms with Crippen LogP contribution >= 0.6 is 0 Å². The van der Waals surface area contributed by atoms with Gasteiger partial charge in [-0.05, 0) is 42.9 Å². The quantitative estimate of drug-likeness (QED) is 0.134. The Morgan fingerprint density at radius 1 is 0.857 bits per heavy atom. The number of aryl methyl sites for hydroxylation is 2. The van der Waals surface area contributed by atoms with Crippen LogP contribution in [0.3, 0.4) is 0 Å². The van der Waals surface area contributed by atoms with E-state index in [2.05, 4.69) is 91.7 Å². The summed E-state index contributed by atoms with van der Waals surface area (Å²) in [5.41, 5.74) is 8.24. The van der Waals surface area contributed by atoms with Crippen molar-refractivity contribution in [3.05, 3.63) is 115 Å². The second-order valence-corrected chi connectivity index (χ2v) is 16.3. The molecule has 7 rings (SSSR count). The minimum atomic E-state index is -1.27. The average Bonchev–Trinajstić information content (AvgIpc) is 3.55. The third-order valence-electron chi connectivity index (χ3n) is 7.44. The van der Waals surface area contributed by atoms with Gasteiger partial charge in [0.25, 0.3) is 0 Å². The third kappa shape index (κ3) is 5.63. The molecule has 0 amide bonds. The van der Waals surface area contributed by atoms with Crippen LogP contribution in [-0.4, -0.2) is 22.6 Å². The van der Waals surface area contributed by atoms with Crippen molar-refractivity contribution in [1.82, 2.24) is 14.5 Å². The molecule has 0 fully saturated rings. The SMILES string of the molecule is CCn1c(-c2[c-]ccc3c2oc2ccccc23)nc2ccccc21.Cc1cc(-c2[c-]cccc2)ncc1[Si](C)(C)C.[Ir]. The second kappa shape index (κ2) is 12.2. The first-order valence-corrected chi connectivity index (χ1v) is 17.6. The van der Waals surface area contributed by atoms with Gasteiger partial charge in [0.1, 0.15) is 5.58 Å². The van der Waals surface area contributed by atoms with Crippen molar-refractivity contribution >= 4 is 46.2 Å². The fraction of sp³-hybridized carbons (Fsp3) is 0.167. The summed E-state index contributed by atoms with van der Waals surface area (Å²) in [5.74, 6) is 0.906. The van der Waals surface area contributed by atoms with Crippen LogP contribution < -0.4 is 5.19 Å². The molecule has 213 valence electrons. The molecule has 0 atom stereocenters. The van der Waals surface area contributed by atoms with Gasteiger partial charge in [-0.2, -0.15) is 0 Å². The largest absolute Gasteiger partial charge is 0.501 e. The van der Waals surface area contributed by atoms with Gasteiger partial charge in [0.05, 0.1) is 30.5 Å². The number of nitrogens with zero attached hydrogens (tertiary/aromatic N) is 3. The van der Waals surface area contributed by atoms with E-state index in [9.17, 15) is 0 Å². The number of aromatic nitrogens is 3. The predicted octanol–water partition coefficient (Wildman–Crippen LogP) is 8.82. The van der Waals surface area contributed by atoms with E-state index in [-0.39, 0.29) is 20.1 Å². The number of imidazole rings is 1. The average molecular weight is 744 g/mol. The van der Waals surface area contributed by atoms with Crippen LogP contribution in [-0.2, 0) is 26.7 Å². The maximum atomic E-state index is 6.15. The Morgan fingerprint density at radius 2 is 1.62 bits per heavy atom. The van der Waals surface area contributed by atoms with Gasteiger partial charge in [-0.25, -0.2) is 0 Å². The number of pyridine rings is 1. The van der Waals surface area contributed by atoms with E-state index in [0.29, 0.717) is 0 Å². The van der Waals surface area contributed by atoms with Crippen LogP contribution in [0.1, 0.15) is 12.5 Å². The standard InChI is InChI=1S/C21H15N2O.C15H18NSi.Ir/c1-2-23-18-12-5-4-11-17(18)22-21(23)16-10-7-9-15-14-8-3-6-13-19(14)24-20(15)16;1-12-10-14(13-8-6-5-7-9-13)16-11-15(12)17(2,3)4;/h3-9,11-13H,2H2,1H3;5-8,10-11H,1-4H3;/q2*-1;. The first-order chi connectivity index (χ1) is 19.8. The van der Waals surface area contributed by atoms with Crippen molar-refractivity contribution in [3.8, 4) is 22.6 Å². The minimum absolute atomic E-state index is 0. The molecule has 4 aromatic carbocycles. The molecule has 0 saturated carbocycles. The topological polar surface area (TPSA) is 43.9 Å². The van der Waals surface area contributed by atoms with Crippen molar-refractivity contribution in [3.63, 3.8) is 0 Å². The molecule has 7 aromatic rings. The molecule has 0 aliphatic carbocycles. The molecule has 0 bridgehead atoms. The zero-order chi connectivity index (χ0) is 28.6. The molecule has 3 heterocycles. The molecule has 42 heavy (non-hydrogen) atoms. The van der Waals surface area contributed by atoms with Crippen LogP contribution in [0.5, 0.6) is 0 Å². The van der Waals surface area contributed by atoms with Crippen LogP contribution in [0, 0.1) is 19.1 Å². The zero-order valence-corrected chi connectivity index (χ0v) is 27.9. The monoisotopic (exact) mass is 744 g/mol. The van der Waals surface area contributed by atoms with Gasteiger partial charge in [0, 0.05) is 38.2 Å². The predicted molar refractivity (Wildman–Crippen MR) is 173 cm³/mol. The molecule has 0 aliphatic rings. The maximum absolute atomic E-state index is 6.15. The van der Waals surface area contributed by atoms with Gasteiger partial charge >= 0.3 is 0 Å². The smallest absolute Gasteiger partial charge is 0.120 e. The molecule has 6 heteroatoms. The number of hydrogen-bond donors (Lipinski definition) is 0. The molecule has 4 nitrogen and oxygen atoms in total. The Bertz CT molecular complexity index is 1990. The van der Waals surface area contributed by atoms with Crippen molar-refractivity contribution in [2.75, 3.05) is 0 Å². The molecule has 1 radical (unpaired) electrons. The van der Waals surface area contributed by atoms with Crippen molar-refractivity contribution < 1.29 is 24.5 Å². The molecule has 0 aliphatic heterocycles. The molecular formula is C36H33IrN3OSi-2. The Kier molecular flexibility index (Phi) is 8.60. The van der Waals surface area contributed by atoms with Gasteiger partial charge < -0.3 is 14.0 Å². The molecule has 0 unspecified atom stereocenters. The molecule has 0 saturated heterocycles. The van der Waals surface area contributed by atoms with E-state index in [1.54, 1.807) is 0 Å². The molecule has 0 N–H and O–H groups in total. The molecule has 3 aromatic heterocycles. The summed E-state index contributed by atoms with van der Waals surface area (Å²) >= 11 is 0. The van der Waals surface area contributed by atoms with Crippen LogP contribution in [0.25, 0.3) is 55.6 Å². The fourth-order valence-electron chi connectivity index (χ4n) is 5.48. The van der Waals surface area contributed by atoms with E-state index in [1.165, 1.54) is 10.8 Å². The van der Waals surface area contributed by atoms with Gasteiger partial charge in [-0.1, -0.05) is 72.6 Å². The Morgan fingerprint density at radius 3 is 2.36 bits per heavy atom. The van der Waals surface area contributed by atoms with Crippen LogP contribution in [0.4, 0.5) is 0 Å². The van der Waals surface area contributed by atoms with Gasteiger partial charge in [-0.3, -0.25) is 4.98 Å². The summed E-state index contributed by atoms with van der Waals surface area (Å²) < 4.78 is 8.36. The van der Waals surface area contributed by atoms with Crippen molar-refractivity contribution in [2.24, 2.45) is 0 Å². The number of para-hydroxylation sites is 3.